The fourth-order valence-electron chi connectivity index (χ4n) is 2.50. The van der Waals surface area contributed by atoms with Gasteiger partial charge in [0.2, 0.25) is 12.7 Å². The molecule has 1 aliphatic rings. The van der Waals surface area contributed by atoms with Crippen molar-refractivity contribution < 1.29 is 14.3 Å². The van der Waals surface area contributed by atoms with Crippen LogP contribution in [0.1, 0.15) is 39.2 Å². The first-order valence-electron chi connectivity index (χ1n) is 7.36. The average Bonchev–Trinajstić information content (AvgIpc) is 2.93. The molecular formula is C16H23NO3. The maximum Gasteiger partial charge on any atom is 0.231 e. The summed E-state index contributed by atoms with van der Waals surface area (Å²) in [4.78, 5) is 14.4. The largest absolute Gasteiger partial charge is 0.454 e. The van der Waals surface area contributed by atoms with Crippen LogP contribution < -0.4 is 9.47 Å². The van der Waals surface area contributed by atoms with E-state index in [2.05, 4.69) is 13.8 Å². The van der Waals surface area contributed by atoms with Gasteiger partial charge in [-0.15, -0.1) is 0 Å². The Morgan fingerprint density at radius 3 is 2.55 bits per heavy atom. The number of carbonyl (C=O) groups excluding carboxylic acids is 1. The van der Waals surface area contributed by atoms with E-state index < -0.39 is 0 Å². The van der Waals surface area contributed by atoms with Gasteiger partial charge in [0.05, 0.1) is 0 Å². The van der Waals surface area contributed by atoms with Crippen LogP contribution in [0, 0.1) is 5.92 Å². The van der Waals surface area contributed by atoms with E-state index in [1.54, 1.807) is 0 Å². The molecular weight excluding hydrogens is 254 g/mol. The standard InChI is InChI=1S/C16H23NO3/c1-4-13(5-2)16(18)17(6-3)10-12-7-8-14-15(9-12)20-11-19-14/h7-9,13H,4-6,10-11H2,1-3H3. The molecule has 0 aliphatic carbocycles. The zero-order valence-electron chi connectivity index (χ0n) is 12.5. The van der Waals surface area contributed by atoms with Gasteiger partial charge < -0.3 is 14.4 Å². The summed E-state index contributed by atoms with van der Waals surface area (Å²) < 4.78 is 10.7. The molecule has 1 aromatic rings. The predicted octanol–water partition coefficient (Wildman–Crippen LogP) is 3.20. The van der Waals surface area contributed by atoms with Gasteiger partial charge in [-0.1, -0.05) is 19.9 Å². The Morgan fingerprint density at radius 2 is 1.90 bits per heavy atom. The van der Waals surface area contributed by atoms with Crippen molar-refractivity contribution in [3.63, 3.8) is 0 Å². The molecule has 2 rings (SSSR count). The van der Waals surface area contributed by atoms with Crippen LogP contribution in [0.25, 0.3) is 0 Å². The van der Waals surface area contributed by atoms with Crippen LogP contribution in [0.5, 0.6) is 11.5 Å². The lowest BCUT2D eigenvalue weighted by atomic mass is 10.0. The molecule has 4 nitrogen and oxygen atoms in total. The van der Waals surface area contributed by atoms with Gasteiger partial charge in [0.25, 0.3) is 0 Å². The topological polar surface area (TPSA) is 38.8 Å². The van der Waals surface area contributed by atoms with Crippen molar-refractivity contribution >= 4 is 5.91 Å². The first-order chi connectivity index (χ1) is 9.69. The second-order valence-corrected chi connectivity index (χ2v) is 5.05. The van der Waals surface area contributed by atoms with E-state index in [4.69, 9.17) is 9.47 Å². The van der Waals surface area contributed by atoms with Gasteiger partial charge in [0.15, 0.2) is 11.5 Å². The Bertz CT molecular complexity index is 469. The number of hydrogen-bond acceptors (Lipinski definition) is 3. The molecule has 1 aliphatic heterocycles. The summed E-state index contributed by atoms with van der Waals surface area (Å²) in [5.41, 5.74) is 1.08. The van der Waals surface area contributed by atoms with Crippen LogP contribution in [0.4, 0.5) is 0 Å². The van der Waals surface area contributed by atoms with Crippen molar-refractivity contribution in [2.24, 2.45) is 5.92 Å². The van der Waals surface area contributed by atoms with Gasteiger partial charge in [-0.3, -0.25) is 4.79 Å². The maximum atomic E-state index is 12.4. The van der Waals surface area contributed by atoms with E-state index in [0.29, 0.717) is 6.54 Å². The lowest BCUT2D eigenvalue weighted by molar-refractivity contribution is -0.136. The second kappa shape index (κ2) is 6.64. The van der Waals surface area contributed by atoms with Crippen LogP contribution in [0.2, 0.25) is 0 Å². The molecule has 0 N–H and O–H groups in total. The third kappa shape index (κ3) is 3.06. The lowest BCUT2D eigenvalue weighted by Gasteiger charge is -2.25. The smallest absolute Gasteiger partial charge is 0.231 e. The quantitative estimate of drug-likeness (QED) is 0.801. The normalized spacial score (nSPS) is 12.8. The van der Waals surface area contributed by atoms with E-state index in [1.807, 2.05) is 30.0 Å². The average molecular weight is 277 g/mol. The number of fused-ring (bicyclic) bond motifs is 1. The summed E-state index contributed by atoms with van der Waals surface area (Å²) in [5, 5.41) is 0. The molecule has 0 saturated heterocycles. The minimum Gasteiger partial charge on any atom is -0.454 e. The molecule has 0 saturated carbocycles. The minimum atomic E-state index is 0.129. The van der Waals surface area contributed by atoms with Crippen LogP contribution in [0.3, 0.4) is 0 Å². The number of amides is 1. The zero-order valence-corrected chi connectivity index (χ0v) is 12.5. The van der Waals surface area contributed by atoms with Crippen LogP contribution in [-0.4, -0.2) is 24.1 Å². The van der Waals surface area contributed by atoms with Crippen LogP contribution >= 0.6 is 0 Å². The molecule has 0 fully saturated rings. The number of ether oxygens (including phenoxy) is 2. The highest BCUT2D eigenvalue weighted by Crippen LogP contribution is 2.32. The van der Waals surface area contributed by atoms with E-state index in [9.17, 15) is 4.79 Å². The summed E-state index contributed by atoms with van der Waals surface area (Å²) in [6, 6.07) is 5.87. The van der Waals surface area contributed by atoms with Gasteiger partial charge in [0.1, 0.15) is 0 Å². The molecule has 1 aromatic carbocycles. The monoisotopic (exact) mass is 277 g/mol. The third-order valence-electron chi connectivity index (χ3n) is 3.84. The summed E-state index contributed by atoms with van der Waals surface area (Å²) in [6.07, 6.45) is 1.79. The zero-order chi connectivity index (χ0) is 14.5. The van der Waals surface area contributed by atoms with Gasteiger partial charge in [-0.25, -0.2) is 0 Å². The highest BCUT2D eigenvalue weighted by atomic mass is 16.7. The molecule has 1 amide bonds. The van der Waals surface area contributed by atoms with Crippen molar-refractivity contribution in [2.45, 2.75) is 40.2 Å². The van der Waals surface area contributed by atoms with Gasteiger partial charge in [0, 0.05) is 19.0 Å². The summed E-state index contributed by atoms with van der Waals surface area (Å²) in [7, 11) is 0. The van der Waals surface area contributed by atoms with Crippen LogP contribution in [-0.2, 0) is 11.3 Å². The van der Waals surface area contributed by atoms with E-state index in [-0.39, 0.29) is 18.6 Å². The Hall–Kier alpha value is -1.71. The van der Waals surface area contributed by atoms with Crippen molar-refractivity contribution in [2.75, 3.05) is 13.3 Å². The second-order valence-electron chi connectivity index (χ2n) is 5.05. The first kappa shape index (κ1) is 14.7. The summed E-state index contributed by atoms with van der Waals surface area (Å²) in [5.74, 6) is 1.93. The molecule has 0 unspecified atom stereocenters. The van der Waals surface area contributed by atoms with Crippen molar-refractivity contribution in [1.29, 1.82) is 0 Å². The van der Waals surface area contributed by atoms with Crippen molar-refractivity contribution in [3.05, 3.63) is 23.8 Å². The number of rotatable bonds is 6. The Labute approximate surface area is 120 Å². The Balaban J connectivity index is 2.08. The minimum absolute atomic E-state index is 0.129. The molecule has 0 aromatic heterocycles. The Morgan fingerprint density at radius 1 is 1.20 bits per heavy atom. The van der Waals surface area contributed by atoms with Gasteiger partial charge >= 0.3 is 0 Å². The molecule has 0 radical (unpaired) electrons. The fraction of sp³-hybridized carbons (Fsp3) is 0.562. The maximum absolute atomic E-state index is 12.4. The van der Waals surface area contributed by atoms with Crippen molar-refractivity contribution in [1.82, 2.24) is 4.90 Å². The van der Waals surface area contributed by atoms with Gasteiger partial charge in [-0.2, -0.15) is 0 Å². The molecule has 1 heterocycles. The molecule has 0 atom stereocenters. The highest BCUT2D eigenvalue weighted by molar-refractivity contribution is 5.78. The van der Waals surface area contributed by atoms with Crippen molar-refractivity contribution in [3.8, 4) is 11.5 Å². The fourth-order valence-corrected chi connectivity index (χ4v) is 2.50. The number of nitrogens with zero attached hydrogens (tertiary/aromatic N) is 1. The van der Waals surface area contributed by atoms with E-state index >= 15 is 0 Å². The molecule has 4 heteroatoms. The van der Waals surface area contributed by atoms with E-state index in [1.165, 1.54) is 0 Å². The van der Waals surface area contributed by atoms with Gasteiger partial charge in [-0.05, 0) is 37.5 Å². The lowest BCUT2D eigenvalue weighted by Crippen LogP contribution is -2.35. The summed E-state index contributed by atoms with van der Waals surface area (Å²) in [6.45, 7) is 7.80. The third-order valence-corrected chi connectivity index (χ3v) is 3.84. The molecule has 110 valence electrons. The highest BCUT2D eigenvalue weighted by Gasteiger charge is 2.21. The molecule has 0 spiro atoms. The number of benzene rings is 1. The van der Waals surface area contributed by atoms with E-state index in [0.717, 1.165) is 36.4 Å². The molecule has 20 heavy (non-hydrogen) atoms. The Kier molecular flexibility index (Phi) is 4.88. The number of hydrogen-bond donors (Lipinski definition) is 0. The molecule has 0 bridgehead atoms. The first-order valence-corrected chi connectivity index (χ1v) is 7.36. The summed E-state index contributed by atoms with van der Waals surface area (Å²) >= 11 is 0. The SMILES string of the molecule is CCC(CC)C(=O)N(CC)Cc1ccc2c(c1)OCO2. The predicted molar refractivity (Wildman–Crippen MR) is 77.7 cm³/mol. The van der Waals surface area contributed by atoms with Crippen LogP contribution in [0.15, 0.2) is 18.2 Å². The number of carbonyl (C=O) groups is 1.